The molecule has 0 aromatic carbocycles. The SMILES string of the molecule is [B][C@@H]1OCC(OC)[C@@H]1OC(C)(C)C(C)OC. The van der Waals surface area contributed by atoms with Crippen LogP contribution in [-0.4, -0.2) is 58.6 Å². The zero-order valence-electron chi connectivity index (χ0n) is 10.7. The highest BCUT2D eigenvalue weighted by Gasteiger charge is 2.40. The molecule has 0 aromatic rings. The van der Waals surface area contributed by atoms with Gasteiger partial charge in [-0.1, -0.05) is 0 Å². The standard InChI is InChI=1S/C11H21BO4/c1-7(13-4)11(2,3)16-9-8(14-5)6-15-10(9)12/h7-10H,6H2,1-5H3/t7?,8?,9-,10+/m0/s1. The highest BCUT2D eigenvalue weighted by molar-refractivity contribution is 6.11. The van der Waals surface area contributed by atoms with Gasteiger partial charge in [0.25, 0.3) is 0 Å². The van der Waals surface area contributed by atoms with Gasteiger partial charge in [0.15, 0.2) is 0 Å². The van der Waals surface area contributed by atoms with E-state index in [1.165, 1.54) is 0 Å². The van der Waals surface area contributed by atoms with Gasteiger partial charge in [-0.3, -0.25) is 0 Å². The normalized spacial score (nSPS) is 32.9. The number of methoxy groups -OCH3 is 2. The molecule has 1 rings (SSSR count). The highest BCUT2D eigenvalue weighted by Crippen LogP contribution is 2.26. The van der Waals surface area contributed by atoms with Gasteiger partial charge in [-0.05, 0) is 20.8 Å². The van der Waals surface area contributed by atoms with Crippen LogP contribution in [-0.2, 0) is 18.9 Å². The summed E-state index contributed by atoms with van der Waals surface area (Å²) in [5.74, 6) is 0. The average molecular weight is 228 g/mol. The van der Waals surface area contributed by atoms with Crippen LogP contribution in [0.15, 0.2) is 0 Å². The second-order valence-electron chi connectivity index (χ2n) is 4.64. The Morgan fingerprint density at radius 1 is 1.38 bits per heavy atom. The van der Waals surface area contributed by atoms with E-state index >= 15 is 0 Å². The number of hydrogen-bond donors (Lipinski definition) is 0. The van der Waals surface area contributed by atoms with Crippen molar-refractivity contribution in [3.05, 3.63) is 0 Å². The number of ether oxygens (including phenoxy) is 4. The monoisotopic (exact) mass is 228 g/mol. The van der Waals surface area contributed by atoms with Crippen LogP contribution in [0.1, 0.15) is 20.8 Å². The molecule has 1 aliphatic heterocycles. The molecule has 0 N–H and O–H groups in total. The fourth-order valence-corrected chi connectivity index (χ4v) is 1.68. The van der Waals surface area contributed by atoms with E-state index < -0.39 is 11.6 Å². The highest BCUT2D eigenvalue weighted by atomic mass is 16.6. The van der Waals surface area contributed by atoms with Crippen LogP contribution in [0.25, 0.3) is 0 Å². The molecule has 0 aliphatic carbocycles. The molecule has 1 heterocycles. The Morgan fingerprint density at radius 3 is 2.50 bits per heavy atom. The molecule has 4 nitrogen and oxygen atoms in total. The fraction of sp³-hybridized carbons (Fsp3) is 1.00. The van der Waals surface area contributed by atoms with E-state index in [-0.39, 0.29) is 18.3 Å². The summed E-state index contributed by atoms with van der Waals surface area (Å²) in [5, 5.41) is 0. The summed E-state index contributed by atoms with van der Waals surface area (Å²) in [6.45, 7) is 6.38. The Balaban J connectivity index is 2.64. The average Bonchev–Trinajstić information content (AvgIpc) is 2.58. The first-order valence-electron chi connectivity index (χ1n) is 5.53. The predicted octanol–water partition coefficient (Wildman–Crippen LogP) is 0.725. The summed E-state index contributed by atoms with van der Waals surface area (Å²) in [5.41, 5.74) is -0.429. The molecule has 0 saturated carbocycles. The smallest absolute Gasteiger partial charge is 0.112 e. The Hall–Kier alpha value is -0.0951. The van der Waals surface area contributed by atoms with Crippen molar-refractivity contribution in [2.45, 2.75) is 50.7 Å². The summed E-state index contributed by atoms with van der Waals surface area (Å²) in [6, 6.07) is -0.437. The number of rotatable bonds is 5. The summed E-state index contributed by atoms with van der Waals surface area (Å²) in [7, 11) is 9.12. The zero-order valence-corrected chi connectivity index (χ0v) is 10.7. The minimum Gasteiger partial charge on any atom is -0.382 e. The molecule has 0 amide bonds. The van der Waals surface area contributed by atoms with Crippen LogP contribution >= 0.6 is 0 Å². The molecule has 1 aliphatic rings. The van der Waals surface area contributed by atoms with E-state index in [4.69, 9.17) is 26.8 Å². The lowest BCUT2D eigenvalue weighted by molar-refractivity contribution is -0.163. The lowest BCUT2D eigenvalue weighted by atomic mass is 9.92. The predicted molar refractivity (Wildman–Crippen MR) is 61.7 cm³/mol. The minimum atomic E-state index is -0.437. The topological polar surface area (TPSA) is 36.9 Å². The first kappa shape index (κ1) is 14.0. The second-order valence-corrected chi connectivity index (χ2v) is 4.64. The van der Waals surface area contributed by atoms with E-state index in [2.05, 4.69) is 0 Å². The van der Waals surface area contributed by atoms with Crippen LogP contribution < -0.4 is 0 Å². The van der Waals surface area contributed by atoms with Crippen molar-refractivity contribution < 1.29 is 18.9 Å². The molecule has 0 aromatic heterocycles. The van der Waals surface area contributed by atoms with Gasteiger partial charge in [0, 0.05) is 20.2 Å². The van der Waals surface area contributed by atoms with E-state index in [1.54, 1.807) is 14.2 Å². The van der Waals surface area contributed by atoms with Crippen molar-refractivity contribution in [3.8, 4) is 0 Å². The largest absolute Gasteiger partial charge is 0.382 e. The third-order valence-corrected chi connectivity index (χ3v) is 3.22. The van der Waals surface area contributed by atoms with Crippen LogP contribution in [0.2, 0.25) is 0 Å². The molecule has 1 fully saturated rings. The van der Waals surface area contributed by atoms with Gasteiger partial charge in [0.05, 0.1) is 18.3 Å². The lowest BCUT2D eigenvalue weighted by Crippen LogP contribution is -2.47. The summed E-state index contributed by atoms with van der Waals surface area (Å²) in [6.07, 6.45) is -0.395. The third-order valence-electron chi connectivity index (χ3n) is 3.22. The molecular formula is C11H21BO4. The van der Waals surface area contributed by atoms with Crippen LogP contribution in [0.5, 0.6) is 0 Å². The maximum absolute atomic E-state index is 5.97. The van der Waals surface area contributed by atoms with Gasteiger partial charge in [0.1, 0.15) is 20.1 Å². The molecule has 92 valence electrons. The molecule has 0 spiro atoms. The lowest BCUT2D eigenvalue weighted by Gasteiger charge is -2.36. The molecule has 2 unspecified atom stereocenters. The van der Waals surface area contributed by atoms with E-state index in [0.717, 1.165) is 0 Å². The Labute approximate surface area is 99.0 Å². The summed E-state index contributed by atoms with van der Waals surface area (Å²) < 4.78 is 21.8. The van der Waals surface area contributed by atoms with Gasteiger partial charge < -0.3 is 18.9 Å². The van der Waals surface area contributed by atoms with Gasteiger partial charge in [-0.15, -0.1) is 0 Å². The van der Waals surface area contributed by atoms with Gasteiger partial charge in [-0.25, -0.2) is 0 Å². The van der Waals surface area contributed by atoms with Crippen LogP contribution in [0.3, 0.4) is 0 Å². The molecule has 16 heavy (non-hydrogen) atoms. The Morgan fingerprint density at radius 2 is 2.00 bits per heavy atom. The summed E-state index contributed by atoms with van der Waals surface area (Å²) in [4.78, 5) is 0. The van der Waals surface area contributed by atoms with Gasteiger partial charge in [-0.2, -0.15) is 0 Å². The van der Waals surface area contributed by atoms with Crippen molar-refractivity contribution in [2.24, 2.45) is 0 Å². The number of hydrogen-bond acceptors (Lipinski definition) is 4. The maximum Gasteiger partial charge on any atom is 0.112 e. The van der Waals surface area contributed by atoms with Crippen LogP contribution in [0, 0.1) is 0 Å². The first-order chi connectivity index (χ1) is 7.42. The fourth-order valence-electron chi connectivity index (χ4n) is 1.68. The summed E-state index contributed by atoms with van der Waals surface area (Å²) >= 11 is 0. The zero-order chi connectivity index (χ0) is 12.3. The quantitative estimate of drug-likeness (QED) is 0.650. The van der Waals surface area contributed by atoms with Gasteiger partial charge in [0.2, 0.25) is 0 Å². The van der Waals surface area contributed by atoms with Crippen molar-refractivity contribution in [2.75, 3.05) is 20.8 Å². The van der Waals surface area contributed by atoms with Gasteiger partial charge >= 0.3 is 0 Å². The molecule has 0 bridgehead atoms. The first-order valence-corrected chi connectivity index (χ1v) is 5.53. The van der Waals surface area contributed by atoms with Crippen molar-refractivity contribution in [3.63, 3.8) is 0 Å². The second kappa shape index (κ2) is 5.49. The molecule has 4 atom stereocenters. The molecular weight excluding hydrogens is 207 g/mol. The minimum absolute atomic E-state index is 0.0298. The van der Waals surface area contributed by atoms with E-state index in [1.807, 2.05) is 20.8 Å². The Bertz CT molecular complexity index is 222. The molecule has 5 heteroatoms. The van der Waals surface area contributed by atoms with E-state index in [9.17, 15) is 0 Å². The van der Waals surface area contributed by atoms with Crippen LogP contribution in [0.4, 0.5) is 0 Å². The molecule has 1 saturated heterocycles. The van der Waals surface area contributed by atoms with Crippen molar-refractivity contribution in [1.29, 1.82) is 0 Å². The van der Waals surface area contributed by atoms with Crippen molar-refractivity contribution in [1.82, 2.24) is 0 Å². The third kappa shape index (κ3) is 2.97. The van der Waals surface area contributed by atoms with Crippen molar-refractivity contribution >= 4 is 7.85 Å². The Kier molecular flexibility index (Phi) is 4.80. The maximum atomic E-state index is 5.97. The molecule has 2 radical (unpaired) electrons. The van der Waals surface area contributed by atoms with E-state index in [0.29, 0.717) is 6.61 Å².